The highest BCUT2D eigenvalue weighted by Crippen LogP contribution is 2.12. The van der Waals surface area contributed by atoms with Crippen LogP contribution < -0.4 is 0 Å². The van der Waals surface area contributed by atoms with Crippen molar-refractivity contribution in [2.24, 2.45) is 0 Å². The third-order valence-corrected chi connectivity index (χ3v) is 3.38. The Morgan fingerprint density at radius 2 is 1.90 bits per heavy atom. The fourth-order valence-electron chi connectivity index (χ4n) is 1.86. The number of carbonyl (C=O) groups excluding carboxylic acids is 1. The number of hydrogen-bond acceptors (Lipinski definition) is 2. The maximum atomic E-state index is 11.6. The number of carbonyl (C=O) groups is 1. The number of benzene rings is 1. The molecule has 0 amide bonds. The SMILES string of the molecule is C=C/C(C)=C(\C)CCCCOC(=O)Cc1ccccc1. The molecule has 0 N–H and O–H groups in total. The topological polar surface area (TPSA) is 26.3 Å². The van der Waals surface area contributed by atoms with Gasteiger partial charge < -0.3 is 4.74 Å². The second-order valence-electron chi connectivity index (χ2n) is 5.01. The Balaban J connectivity index is 2.15. The maximum Gasteiger partial charge on any atom is 0.310 e. The summed E-state index contributed by atoms with van der Waals surface area (Å²) in [6, 6.07) is 9.68. The zero-order chi connectivity index (χ0) is 14.8. The van der Waals surface area contributed by atoms with E-state index in [9.17, 15) is 4.79 Å². The summed E-state index contributed by atoms with van der Waals surface area (Å²) in [5.41, 5.74) is 3.60. The first-order valence-corrected chi connectivity index (χ1v) is 7.12. The lowest BCUT2D eigenvalue weighted by molar-refractivity contribution is -0.142. The van der Waals surface area contributed by atoms with Gasteiger partial charge in [-0.3, -0.25) is 4.79 Å². The van der Waals surface area contributed by atoms with Crippen LogP contribution in [0.15, 0.2) is 54.1 Å². The number of esters is 1. The van der Waals surface area contributed by atoms with E-state index in [-0.39, 0.29) is 5.97 Å². The molecule has 1 aromatic carbocycles. The predicted octanol–water partition coefficient (Wildman–Crippen LogP) is 4.47. The van der Waals surface area contributed by atoms with Gasteiger partial charge in [-0.1, -0.05) is 54.1 Å². The molecule has 2 heteroatoms. The minimum absolute atomic E-state index is 0.147. The van der Waals surface area contributed by atoms with Gasteiger partial charge in [0.1, 0.15) is 0 Å². The van der Waals surface area contributed by atoms with Crippen LogP contribution in [0, 0.1) is 0 Å². The minimum atomic E-state index is -0.147. The number of ether oxygens (including phenoxy) is 1. The van der Waals surface area contributed by atoms with Crippen molar-refractivity contribution in [3.8, 4) is 0 Å². The fourth-order valence-corrected chi connectivity index (χ4v) is 1.86. The van der Waals surface area contributed by atoms with Crippen LogP contribution >= 0.6 is 0 Å². The summed E-state index contributed by atoms with van der Waals surface area (Å²) < 4.78 is 5.24. The molecule has 0 saturated heterocycles. The van der Waals surface area contributed by atoms with E-state index in [4.69, 9.17) is 4.74 Å². The van der Waals surface area contributed by atoms with Crippen molar-refractivity contribution in [1.82, 2.24) is 0 Å². The monoisotopic (exact) mass is 272 g/mol. The van der Waals surface area contributed by atoms with Gasteiger partial charge in [0.2, 0.25) is 0 Å². The summed E-state index contributed by atoms with van der Waals surface area (Å²) in [6.07, 6.45) is 5.22. The summed E-state index contributed by atoms with van der Waals surface area (Å²) >= 11 is 0. The smallest absolute Gasteiger partial charge is 0.310 e. The van der Waals surface area contributed by atoms with Crippen LogP contribution in [0.3, 0.4) is 0 Å². The Morgan fingerprint density at radius 3 is 2.55 bits per heavy atom. The average Bonchev–Trinajstić information content (AvgIpc) is 2.46. The molecule has 108 valence electrons. The predicted molar refractivity (Wildman–Crippen MR) is 83.5 cm³/mol. The number of hydrogen-bond donors (Lipinski definition) is 0. The Bertz CT molecular complexity index is 458. The van der Waals surface area contributed by atoms with Crippen LogP contribution in [0.25, 0.3) is 0 Å². The third-order valence-electron chi connectivity index (χ3n) is 3.38. The second-order valence-corrected chi connectivity index (χ2v) is 5.01. The van der Waals surface area contributed by atoms with Crippen LogP contribution in [0.1, 0.15) is 38.7 Å². The zero-order valence-electron chi connectivity index (χ0n) is 12.5. The van der Waals surface area contributed by atoms with Crippen LogP contribution in [-0.2, 0) is 16.0 Å². The van der Waals surface area contributed by atoms with Gasteiger partial charge in [0, 0.05) is 0 Å². The lowest BCUT2D eigenvalue weighted by Gasteiger charge is -2.06. The van der Waals surface area contributed by atoms with Gasteiger partial charge in [0.15, 0.2) is 0 Å². The quantitative estimate of drug-likeness (QED) is 0.396. The molecule has 0 aromatic heterocycles. The van der Waals surface area contributed by atoms with Crippen LogP contribution in [0.2, 0.25) is 0 Å². The molecule has 2 nitrogen and oxygen atoms in total. The summed E-state index contributed by atoms with van der Waals surface area (Å²) in [6.45, 7) is 8.46. The molecule has 0 aliphatic carbocycles. The summed E-state index contributed by atoms with van der Waals surface area (Å²) in [7, 11) is 0. The highest BCUT2D eigenvalue weighted by molar-refractivity contribution is 5.72. The van der Waals surface area contributed by atoms with E-state index in [2.05, 4.69) is 20.4 Å². The molecule has 1 aromatic rings. The van der Waals surface area contributed by atoms with Crippen molar-refractivity contribution < 1.29 is 9.53 Å². The molecule has 0 bridgehead atoms. The van der Waals surface area contributed by atoms with E-state index in [1.54, 1.807) is 0 Å². The molecule has 0 spiro atoms. The van der Waals surface area contributed by atoms with Crippen molar-refractivity contribution in [3.63, 3.8) is 0 Å². The lowest BCUT2D eigenvalue weighted by Crippen LogP contribution is -2.09. The van der Waals surface area contributed by atoms with Gasteiger partial charge in [0.25, 0.3) is 0 Å². The largest absolute Gasteiger partial charge is 0.465 e. The van der Waals surface area contributed by atoms with Crippen molar-refractivity contribution in [2.45, 2.75) is 39.5 Å². The van der Waals surface area contributed by atoms with Crippen LogP contribution in [0.4, 0.5) is 0 Å². The highest BCUT2D eigenvalue weighted by Gasteiger charge is 2.04. The summed E-state index contributed by atoms with van der Waals surface area (Å²) in [4.78, 5) is 11.6. The van der Waals surface area contributed by atoms with Crippen molar-refractivity contribution in [1.29, 1.82) is 0 Å². The average molecular weight is 272 g/mol. The number of allylic oxidation sites excluding steroid dienone is 3. The fraction of sp³-hybridized carbons (Fsp3) is 0.389. The van der Waals surface area contributed by atoms with Gasteiger partial charge in [0.05, 0.1) is 13.0 Å². The van der Waals surface area contributed by atoms with Crippen molar-refractivity contribution in [2.75, 3.05) is 6.61 Å². The van der Waals surface area contributed by atoms with E-state index in [0.29, 0.717) is 13.0 Å². The Kier molecular flexibility index (Phi) is 7.41. The first kappa shape index (κ1) is 16.2. The molecule has 0 atom stereocenters. The van der Waals surface area contributed by atoms with Crippen LogP contribution in [-0.4, -0.2) is 12.6 Å². The standard InChI is InChI=1S/C18H24O2/c1-4-15(2)16(3)10-8-9-13-20-18(19)14-17-11-6-5-7-12-17/h4-7,11-12H,1,8-10,13-14H2,2-3H3/b16-15+. The Labute approximate surface area is 122 Å². The second kappa shape index (κ2) is 9.13. The normalized spacial score (nSPS) is 11.7. The molecule has 0 radical (unpaired) electrons. The first-order chi connectivity index (χ1) is 9.63. The molecular formula is C18H24O2. The van der Waals surface area contributed by atoms with Gasteiger partial charge in [-0.05, 0) is 38.7 Å². The van der Waals surface area contributed by atoms with Gasteiger partial charge >= 0.3 is 5.97 Å². The lowest BCUT2D eigenvalue weighted by atomic mass is 10.1. The molecular weight excluding hydrogens is 248 g/mol. The molecule has 0 aliphatic rings. The molecule has 0 fully saturated rings. The number of unbranched alkanes of at least 4 members (excludes halogenated alkanes) is 1. The minimum Gasteiger partial charge on any atom is -0.465 e. The molecule has 0 aliphatic heterocycles. The van der Waals surface area contributed by atoms with Crippen LogP contribution in [0.5, 0.6) is 0 Å². The van der Waals surface area contributed by atoms with Gasteiger partial charge in [-0.25, -0.2) is 0 Å². The molecule has 0 heterocycles. The third kappa shape index (κ3) is 6.37. The summed E-state index contributed by atoms with van der Waals surface area (Å²) in [5, 5.41) is 0. The Morgan fingerprint density at radius 1 is 1.20 bits per heavy atom. The Hall–Kier alpha value is -1.83. The molecule has 0 unspecified atom stereocenters. The van der Waals surface area contributed by atoms with E-state index >= 15 is 0 Å². The molecule has 1 rings (SSSR count). The molecule has 0 saturated carbocycles. The first-order valence-electron chi connectivity index (χ1n) is 7.12. The van der Waals surface area contributed by atoms with Crippen molar-refractivity contribution >= 4 is 5.97 Å². The van der Waals surface area contributed by atoms with E-state index < -0.39 is 0 Å². The maximum absolute atomic E-state index is 11.6. The van der Waals surface area contributed by atoms with Gasteiger partial charge in [-0.2, -0.15) is 0 Å². The summed E-state index contributed by atoms with van der Waals surface area (Å²) in [5.74, 6) is -0.147. The van der Waals surface area contributed by atoms with E-state index in [0.717, 1.165) is 24.8 Å². The highest BCUT2D eigenvalue weighted by atomic mass is 16.5. The molecule has 20 heavy (non-hydrogen) atoms. The van der Waals surface area contributed by atoms with E-state index in [1.165, 1.54) is 11.1 Å². The van der Waals surface area contributed by atoms with Gasteiger partial charge in [-0.15, -0.1) is 0 Å². The van der Waals surface area contributed by atoms with E-state index in [1.807, 2.05) is 36.4 Å². The number of rotatable bonds is 8. The van der Waals surface area contributed by atoms with Crippen molar-refractivity contribution in [3.05, 3.63) is 59.7 Å². The zero-order valence-corrected chi connectivity index (χ0v) is 12.5.